The van der Waals surface area contributed by atoms with Crippen LogP contribution in [0.5, 0.6) is 0 Å². The molecule has 0 saturated heterocycles. The van der Waals surface area contributed by atoms with Crippen LogP contribution in [0.25, 0.3) is 0 Å². The molecule has 3 heteroatoms. The highest BCUT2D eigenvalue weighted by molar-refractivity contribution is 7.27. The molecule has 1 heterocycles. The maximum absolute atomic E-state index is 4.21. The Bertz CT molecular complexity index is 205. The van der Waals surface area contributed by atoms with Crippen molar-refractivity contribution in [1.82, 2.24) is 9.78 Å². The minimum Gasteiger partial charge on any atom is -0.268 e. The number of hydrogen-bond donors (Lipinski definition) is 0. The van der Waals surface area contributed by atoms with Crippen LogP contribution in [0.15, 0.2) is 0 Å². The van der Waals surface area contributed by atoms with Crippen molar-refractivity contribution in [2.45, 2.75) is 13.8 Å². The fourth-order valence-corrected chi connectivity index (χ4v) is 1.05. The van der Waals surface area contributed by atoms with E-state index in [2.05, 4.69) is 21.3 Å². The summed E-state index contributed by atoms with van der Waals surface area (Å²) in [4.78, 5) is 0. The molecule has 1 unspecified atom stereocenters. The minimum absolute atomic E-state index is 1.11. The summed E-state index contributed by atoms with van der Waals surface area (Å²) in [6.45, 7) is 4.09. The van der Waals surface area contributed by atoms with Gasteiger partial charge in [0.2, 0.25) is 0 Å². The van der Waals surface area contributed by atoms with Crippen molar-refractivity contribution in [3.05, 3.63) is 11.3 Å². The Kier molecular flexibility index (Phi) is 1.58. The zero-order chi connectivity index (χ0) is 7.02. The van der Waals surface area contributed by atoms with E-state index in [1.54, 1.807) is 0 Å². The summed E-state index contributed by atoms with van der Waals surface area (Å²) in [6, 6.07) is 0. The smallest absolute Gasteiger partial charge is 0.0629 e. The minimum atomic E-state index is 1.11. The molecule has 1 aromatic rings. The van der Waals surface area contributed by atoms with E-state index in [9.17, 15) is 0 Å². The SMILES string of the molecule is Cc1nn(C)c(P)c1C. The molecule has 0 aromatic carbocycles. The van der Waals surface area contributed by atoms with Gasteiger partial charge in [-0.25, -0.2) is 0 Å². The van der Waals surface area contributed by atoms with Crippen LogP contribution in [-0.2, 0) is 7.05 Å². The molecule has 0 fully saturated rings. The first-order valence-electron chi connectivity index (χ1n) is 2.88. The number of aryl methyl sites for hydroxylation is 2. The van der Waals surface area contributed by atoms with Crippen LogP contribution in [-0.4, -0.2) is 9.78 Å². The van der Waals surface area contributed by atoms with E-state index >= 15 is 0 Å². The summed E-state index contributed by atoms with van der Waals surface area (Å²) in [5.41, 5.74) is 3.55. The van der Waals surface area contributed by atoms with E-state index in [-0.39, 0.29) is 0 Å². The summed E-state index contributed by atoms with van der Waals surface area (Å²) in [6.07, 6.45) is 0. The lowest BCUT2D eigenvalue weighted by Gasteiger charge is -1.90. The van der Waals surface area contributed by atoms with Crippen LogP contribution in [0.4, 0.5) is 0 Å². The van der Waals surface area contributed by atoms with E-state index in [1.807, 2.05) is 18.7 Å². The molecule has 0 aliphatic heterocycles. The van der Waals surface area contributed by atoms with Crippen LogP contribution >= 0.6 is 9.24 Å². The van der Waals surface area contributed by atoms with Crippen molar-refractivity contribution in [2.75, 3.05) is 0 Å². The first-order chi connectivity index (χ1) is 4.13. The molecule has 0 N–H and O–H groups in total. The lowest BCUT2D eigenvalue weighted by Crippen LogP contribution is -2.06. The average Bonchev–Trinajstić information content (AvgIpc) is 1.98. The molecule has 0 aliphatic rings. The summed E-state index contributed by atoms with van der Waals surface area (Å²) >= 11 is 0. The lowest BCUT2D eigenvalue weighted by molar-refractivity contribution is 0.778. The first-order valence-corrected chi connectivity index (χ1v) is 3.46. The quantitative estimate of drug-likeness (QED) is 0.483. The molecule has 0 saturated carbocycles. The Balaban J connectivity index is 3.29. The predicted molar refractivity (Wildman–Crippen MR) is 42.0 cm³/mol. The summed E-state index contributed by atoms with van der Waals surface area (Å²) in [5.74, 6) is 0. The van der Waals surface area contributed by atoms with Gasteiger partial charge in [0.25, 0.3) is 0 Å². The molecule has 50 valence electrons. The van der Waals surface area contributed by atoms with Gasteiger partial charge >= 0.3 is 0 Å². The Labute approximate surface area is 57.5 Å². The zero-order valence-electron chi connectivity index (χ0n) is 5.97. The highest BCUT2D eigenvalue weighted by Gasteiger charge is 2.01. The van der Waals surface area contributed by atoms with Gasteiger partial charge in [0.15, 0.2) is 0 Å². The second kappa shape index (κ2) is 2.11. The molecule has 0 amide bonds. The summed E-state index contributed by atoms with van der Waals surface area (Å²) in [5, 5.41) is 4.21. The Morgan fingerprint density at radius 2 is 2.00 bits per heavy atom. The van der Waals surface area contributed by atoms with Crippen LogP contribution in [0.3, 0.4) is 0 Å². The molecule has 2 nitrogen and oxygen atoms in total. The van der Waals surface area contributed by atoms with Gasteiger partial charge in [0.05, 0.1) is 11.1 Å². The van der Waals surface area contributed by atoms with Gasteiger partial charge in [0.1, 0.15) is 0 Å². The molecule has 1 aromatic heterocycles. The fraction of sp³-hybridized carbons (Fsp3) is 0.500. The van der Waals surface area contributed by atoms with E-state index in [4.69, 9.17) is 0 Å². The van der Waals surface area contributed by atoms with Crippen molar-refractivity contribution in [3.8, 4) is 0 Å². The van der Waals surface area contributed by atoms with Gasteiger partial charge in [0, 0.05) is 7.05 Å². The Morgan fingerprint density at radius 3 is 2.11 bits per heavy atom. The Morgan fingerprint density at radius 1 is 1.44 bits per heavy atom. The molecule has 0 spiro atoms. The van der Waals surface area contributed by atoms with Crippen LogP contribution in [0, 0.1) is 13.8 Å². The van der Waals surface area contributed by atoms with Gasteiger partial charge < -0.3 is 0 Å². The van der Waals surface area contributed by atoms with E-state index in [0.717, 1.165) is 5.69 Å². The van der Waals surface area contributed by atoms with E-state index in [0.29, 0.717) is 0 Å². The number of aromatic nitrogens is 2. The van der Waals surface area contributed by atoms with Gasteiger partial charge in [-0.15, -0.1) is 0 Å². The van der Waals surface area contributed by atoms with Gasteiger partial charge in [-0.1, -0.05) is 9.24 Å². The van der Waals surface area contributed by atoms with Gasteiger partial charge in [-0.3, -0.25) is 4.68 Å². The van der Waals surface area contributed by atoms with Gasteiger partial charge in [-0.05, 0) is 19.4 Å². The second-order valence-electron chi connectivity index (χ2n) is 2.22. The predicted octanol–water partition coefficient (Wildman–Crippen LogP) is 0.537. The summed E-state index contributed by atoms with van der Waals surface area (Å²) < 4.78 is 1.87. The van der Waals surface area contributed by atoms with Crippen LogP contribution < -0.4 is 5.44 Å². The van der Waals surface area contributed by atoms with Crippen molar-refractivity contribution < 1.29 is 0 Å². The standard InChI is InChI=1S/C6H11N2P/c1-4-5(2)7-8(3)6(4)9/h9H2,1-3H3. The molecule has 9 heavy (non-hydrogen) atoms. The third kappa shape index (κ3) is 0.994. The number of rotatable bonds is 0. The molecule has 0 bridgehead atoms. The molecule has 1 atom stereocenters. The van der Waals surface area contributed by atoms with Crippen molar-refractivity contribution in [3.63, 3.8) is 0 Å². The van der Waals surface area contributed by atoms with E-state index in [1.165, 1.54) is 11.0 Å². The third-order valence-electron chi connectivity index (χ3n) is 1.58. The molecule has 1 rings (SSSR count). The fourth-order valence-electron chi connectivity index (χ4n) is 0.782. The molecular weight excluding hydrogens is 131 g/mol. The van der Waals surface area contributed by atoms with Crippen LogP contribution in [0.1, 0.15) is 11.3 Å². The highest BCUT2D eigenvalue weighted by Crippen LogP contribution is 2.02. The first kappa shape index (κ1) is 6.76. The molecular formula is C6H11N2P. The largest absolute Gasteiger partial charge is 0.268 e. The van der Waals surface area contributed by atoms with Crippen molar-refractivity contribution >= 4 is 14.7 Å². The maximum Gasteiger partial charge on any atom is 0.0629 e. The second-order valence-corrected chi connectivity index (χ2v) is 2.77. The van der Waals surface area contributed by atoms with E-state index < -0.39 is 0 Å². The number of hydrogen-bond acceptors (Lipinski definition) is 1. The molecule has 0 radical (unpaired) electrons. The Hall–Kier alpha value is -0.360. The normalized spacial score (nSPS) is 10.2. The molecule has 0 aliphatic carbocycles. The van der Waals surface area contributed by atoms with Crippen LogP contribution in [0.2, 0.25) is 0 Å². The highest BCUT2D eigenvalue weighted by atomic mass is 31.0. The van der Waals surface area contributed by atoms with Crippen molar-refractivity contribution in [1.29, 1.82) is 0 Å². The van der Waals surface area contributed by atoms with Gasteiger partial charge in [-0.2, -0.15) is 5.10 Å². The number of nitrogens with zero attached hydrogens (tertiary/aromatic N) is 2. The van der Waals surface area contributed by atoms with Crippen molar-refractivity contribution in [2.24, 2.45) is 7.05 Å². The topological polar surface area (TPSA) is 17.8 Å². The average molecular weight is 142 g/mol. The third-order valence-corrected chi connectivity index (χ3v) is 2.38. The maximum atomic E-state index is 4.21. The zero-order valence-corrected chi connectivity index (χ0v) is 7.13. The summed E-state index contributed by atoms with van der Waals surface area (Å²) in [7, 11) is 4.61. The lowest BCUT2D eigenvalue weighted by atomic mass is 10.3. The monoisotopic (exact) mass is 142 g/mol.